The van der Waals surface area contributed by atoms with Gasteiger partial charge >= 0.3 is 0 Å². The standard InChI is InChI=1S/C23H23N5O3S/c1-30-18-10-9-14(12-19(18)31-2)21-20-16(7-5-8-17(20)29)25-22-26-23(27-28(21)22)32-13-15-6-3-4-11-24-15/h3-4,6,9-12,21H,5,7-8,13H2,1-2H3,(H,25,26,27)/t21-/m0/s1. The van der Waals surface area contributed by atoms with Crippen molar-refractivity contribution in [1.29, 1.82) is 0 Å². The van der Waals surface area contributed by atoms with E-state index in [9.17, 15) is 4.79 Å². The molecule has 0 amide bonds. The maximum atomic E-state index is 13.0. The number of rotatable bonds is 6. The second kappa shape index (κ2) is 8.66. The first kappa shape index (κ1) is 20.6. The molecule has 8 nitrogen and oxygen atoms in total. The quantitative estimate of drug-likeness (QED) is 0.565. The topological polar surface area (TPSA) is 91.2 Å². The summed E-state index contributed by atoms with van der Waals surface area (Å²) in [5, 5.41) is 8.76. The number of ether oxygens (including phenoxy) is 2. The van der Waals surface area contributed by atoms with Crippen LogP contribution in [0.2, 0.25) is 0 Å². The molecule has 3 heterocycles. The zero-order chi connectivity index (χ0) is 22.1. The number of ketones is 1. The van der Waals surface area contributed by atoms with Crippen LogP contribution in [0.5, 0.6) is 11.5 Å². The van der Waals surface area contributed by atoms with Crippen molar-refractivity contribution in [3.8, 4) is 11.5 Å². The van der Waals surface area contributed by atoms with Crippen LogP contribution in [0, 0.1) is 0 Å². The highest BCUT2D eigenvalue weighted by Crippen LogP contribution is 2.42. The van der Waals surface area contributed by atoms with Crippen LogP contribution in [0.4, 0.5) is 5.95 Å². The number of pyridine rings is 1. The number of hydrogen-bond donors (Lipinski definition) is 1. The van der Waals surface area contributed by atoms with E-state index in [0.29, 0.717) is 34.8 Å². The van der Waals surface area contributed by atoms with Crippen molar-refractivity contribution in [1.82, 2.24) is 19.7 Å². The molecule has 0 bridgehead atoms. The maximum absolute atomic E-state index is 13.0. The first-order valence-electron chi connectivity index (χ1n) is 10.4. The van der Waals surface area contributed by atoms with Crippen molar-refractivity contribution in [3.05, 3.63) is 65.1 Å². The van der Waals surface area contributed by atoms with Crippen molar-refractivity contribution in [2.45, 2.75) is 36.2 Å². The first-order valence-corrected chi connectivity index (χ1v) is 11.4. The number of Topliss-reactive ketones (excluding diaryl/α,β-unsaturated/α-hetero) is 1. The van der Waals surface area contributed by atoms with Crippen molar-refractivity contribution in [2.24, 2.45) is 0 Å². The van der Waals surface area contributed by atoms with Crippen LogP contribution >= 0.6 is 11.8 Å². The second-order valence-electron chi connectivity index (χ2n) is 7.58. The van der Waals surface area contributed by atoms with Gasteiger partial charge in [0.15, 0.2) is 17.3 Å². The van der Waals surface area contributed by atoms with Gasteiger partial charge in [0.2, 0.25) is 11.1 Å². The molecule has 2 aromatic heterocycles. The molecule has 0 saturated heterocycles. The summed E-state index contributed by atoms with van der Waals surface area (Å²) in [6.45, 7) is 0. The SMILES string of the molecule is COc1ccc([C@H]2C3=C(CCCC3=O)Nc3nc(SCc4ccccn4)nn32)cc1OC. The summed E-state index contributed by atoms with van der Waals surface area (Å²) in [5.41, 5.74) is 3.55. The average molecular weight is 450 g/mol. The lowest BCUT2D eigenvalue weighted by Crippen LogP contribution is -2.31. The number of hydrogen-bond acceptors (Lipinski definition) is 8. The predicted molar refractivity (Wildman–Crippen MR) is 121 cm³/mol. The third-order valence-corrected chi connectivity index (χ3v) is 6.52. The molecule has 1 N–H and O–H groups in total. The van der Waals surface area contributed by atoms with Crippen LogP contribution in [0.15, 0.2) is 59.0 Å². The predicted octanol–water partition coefficient (Wildman–Crippen LogP) is 4.00. The minimum atomic E-state index is -0.370. The van der Waals surface area contributed by atoms with E-state index in [2.05, 4.69) is 10.3 Å². The Hall–Kier alpha value is -3.33. The molecule has 1 aliphatic heterocycles. The van der Waals surface area contributed by atoms with E-state index < -0.39 is 0 Å². The van der Waals surface area contributed by atoms with Crippen molar-refractivity contribution in [2.75, 3.05) is 19.5 Å². The molecule has 1 aromatic carbocycles. The summed E-state index contributed by atoms with van der Waals surface area (Å²) in [4.78, 5) is 22.1. The van der Waals surface area contributed by atoms with Crippen molar-refractivity contribution < 1.29 is 14.3 Å². The van der Waals surface area contributed by atoms with Gasteiger partial charge in [0.25, 0.3) is 0 Å². The van der Waals surface area contributed by atoms with E-state index in [4.69, 9.17) is 19.6 Å². The van der Waals surface area contributed by atoms with Crippen LogP contribution in [-0.2, 0) is 10.5 Å². The van der Waals surface area contributed by atoms with Crippen LogP contribution in [0.1, 0.15) is 36.6 Å². The molecule has 9 heteroatoms. The number of carbonyl (C=O) groups is 1. The minimum Gasteiger partial charge on any atom is -0.493 e. The van der Waals surface area contributed by atoms with Crippen LogP contribution < -0.4 is 14.8 Å². The Balaban J connectivity index is 1.54. The first-order chi connectivity index (χ1) is 15.7. The molecular formula is C23H23N5O3S. The molecular weight excluding hydrogens is 426 g/mol. The fourth-order valence-electron chi connectivity index (χ4n) is 4.15. The highest BCUT2D eigenvalue weighted by atomic mass is 32.2. The van der Waals surface area contributed by atoms with Gasteiger partial charge < -0.3 is 14.8 Å². The Morgan fingerprint density at radius 1 is 1.16 bits per heavy atom. The zero-order valence-corrected chi connectivity index (χ0v) is 18.7. The van der Waals surface area contributed by atoms with Gasteiger partial charge in [-0.05, 0) is 42.7 Å². The van der Waals surface area contributed by atoms with Gasteiger partial charge in [0.1, 0.15) is 6.04 Å². The number of nitrogens with zero attached hydrogens (tertiary/aromatic N) is 4. The summed E-state index contributed by atoms with van der Waals surface area (Å²) >= 11 is 1.52. The molecule has 2 aliphatic rings. The fraction of sp³-hybridized carbons (Fsp3) is 0.304. The Kier molecular flexibility index (Phi) is 5.57. The van der Waals surface area contributed by atoms with Gasteiger partial charge in [0, 0.05) is 29.6 Å². The number of thioether (sulfide) groups is 1. The average Bonchev–Trinajstić information content (AvgIpc) is 3.24. The molecule has 32 heavy (non-hydrogen) atoms. The summed E-state index contributed by atoms with van der Waals surface area (Å²) in [6.07, 6.45) is 3.96. The highest BCUT2D eigenvalue weighted by Gasteiger charge is 2.37. The molecule has 0 radical (unpaired) electrons. The molecule has 1 aliphatic carbocycles. The molecule has 0 unspecified atom stereocenters. The maximum Gasteiger partial charge on any atom is 0.227 e. The smallest absolute Gasteiger partial charge is 0.227 e. The molecule has 0 fully saturated rings. The second-order valence-corrected chi connectivity index (χ2v) is 8.53. The van der Waals surface area contributed by atoms with E-state index >= 15 is 0 Å². The molecule has 0 spiro atoms. The largest absolute Gasteiger partial charge is 0.493 e. The summed E-state index contributed by atoms with van der Waals surface area (Å²) in [7, 11) is 3.21. The number of methoxy groups -OCH3 is 2. The Labute approximate surface area is 190 Å². The lowest BCUT2D eigenvalue weighted by atomic mass is 9.85. The van der Waals surface area contributed by atoms with Crippen LogP contribution in [-0.4, -0.2) is 39.8 Å². The van der Waals surface area contributed by atoms with E-state index in [0.717, 1.165) is 35.4 Å². The zero-order valence-electron chi connectivity index (χ0n) is 17.9. The van der Waals surface area contributed by atoms with Gasteiger partial charge in [0.05, 0.1) is 19.9 Å². The molecule has 0 saturated carbocycles. The lowest BCUT2D eigenvalue weighted by Gasteiger charge is -2.32. The molecule has 1 atom stereocenters. The van der Waals surface area contributed by atoms with E-state index in [1.165, 1.54) is 11.8 Å². The number of allylic oxidation sites excluding steroid dienone is 2. The number of benzene rings is 1. The third kappa shape index (κ3) is 3.73. The van der Waals surface area contributed by atoms with Gasteiger partial charge in [-0.15, -0.1) is 5.10 Å². The van der Waals surface area contributed by atoms with Crippen molar-refractivity contribution in [3.63, 3.8) is 0 Å². The molecule has 164 valence electrons. The van der Waals surface area contributed by atoms with Gasteiger partial charge in [-0.25, -0.2) is 4.68 Å². The van der Waals surface area contributed by atoms with Crippen molar-refractivity contribution >= 4 is 23.5 Å². The Morgan fingerprint density at radius 2 is 2.03 bits per heavy atom. The monoisotopic (exact) mass is 449 g/mol. The van der Waals surface area contributed by atoms with E-state index in [1.807, 2.05) is 41.1 Å². The fourth-order valence-corrected chi connectivity index (χ4v) is 4.90. The number of fused-ring (bicyclic) bond motifs is 1. The highest BCUT2D eigenvalue weighted by molar-refractivity contribution is 7.98. The third-order valence-electron chi connectivity index (χ3n) is 5.65. The minimum absolute atomic E-state index is 0.141. The summed E-state index contributed by atoms with van der Waals surface area (Å²) in [6, 6.07) is 11.2. The Morgan fingerprint density at radius 3 is 2.81 bits per heavy atom. The van der Waals surface area contributed by atoms with Crippen LogP contribution in [0.25, 0.3) is 0 Å². The number of aromatic nitrogens is 4. The van der Waals surface area contributed by atoms with Gasteiger partial charge in [-0.3, -0.25) is 9.78 Å². The van der Waals surface area contributed by atoms with Crippen LogP contribution in [0.3, 0.4) is 0 Å². The van der Waals surface area contributed by atoms with E-state index in [1.54, 1.807) is 20.4 Å². The normalized spacial score (nSPS) is 17.4. The molecule has 3 aromatic rings. The number of anilines is 1. The summed E-state index contributed by atoms with van der Waals surface area (Å²) < 4.78 is 12.7. The van der Waals surface area contributed by atoms with Gasteiger partial charge in [-0.2, -0.15) is 4.98 Å². The summed E-state index contributed by atoms with van der Waals surface area (Å²) in [5.74, 6) is 2.70. The molecule has 5 rings (SSSR count). The van der Waals surface area contributed by atoms with E-state index in [-0.39, 0.29) is 11.8 Å². The Bertz CT molecular complexity index is 1190. The number of carbonyl (C=O) groups excluding carboxylic acids is 1. The number of nitrogens with one attached hydrogen (secondary N) is 1. The lowest BCUT2D eigenvalue weighted by molar-refractivity contribution is -0.116. The van der Waals surface area contributed by atoms with Gasteiger partial charge in [-0.1, -0.05) is 23.9 Å².